The molecule has 0 spiro atoms. The SMILES string of the molecule is C=CC(C)(O)/C=C\CCC=C(C)C. The summed E-state index contributed by atoms with van der Waals surface area (Å²) in [6.07, 6.45) is 9.48. The summed E-state index contributed by atoms with van der Waals surface area (Å²) in [6, 6.07) is 0. The zero-order chi connectivity index (χ0) is 10.3. The second kappa shape index (κ2) is 5.76. The molecule has 1 N–H and O–H groups in total. The predicted octanol–water partition coefficient (Wildman–Crippen LogP) is 3.23. The number of hydrogen-bond donors (Lipinski definition) is 1. The number of unbranched alkanes of at least 4 members (excludes halogenated alkanes) is 1. The van der Waals surface area contributed by atoms with E-state index in [1.807, 2.05) is 6.08 Å². The van der Waals surface area contributed by atoms with Crippen molar-refractivity contribution >= 4 is 0 Å². The molecule has 13 heavy (non-hydrogen) atoms. The van der Waals surface area contributed by atoms with E-state index in [4.69, 9.17) is 0 Å². The molecule has 0 rings (SSSR count). The molecule has 1 nitrogen and oxygen atoms in total. The third-order valence-corrected chi connectivity index (χ3v) is 1.75. The Labute approximate surface area is 81.5 Å². The molecule has 0 saturated heterocycles. The van der Waals surface area contributed by atoms with E-state index in [0.29, 0.717) is 0 Å². The zero-order valence-electron chi connectivity index (χ0n) is 8.88. The maximum atomic E-state index is 9.51. The van der Waals surface area contributed by atoms with Gasteiger partial charge in [0.1, 0.15) is 0 Å². The van der Waals surface area contributed by atoms with Gasteiger partial charge >= 0.3 is 0 Å². The minimum absolute atomic E-state index is 0.856. The zero-order valence-corrected chi connectivity index (χ0v) is 8.88. The van der Waals surface area contributed by atoms with Gasteiger partial charge < -0.3 is 5.11 Å². The highest BCUT2D eigenvalue weighted by molar-refractivity contribution is 5.08. The van der Waals surface area contributed by atoms with E-state index in [0.717, 1.165) is 12.8 Å². The molecule has 1 atom stereocenters. The fourth-order valence-electron chi connectivity index (χ4n) is 0.858. The van der Waals surface area contributed by atoms with Gasteiger partial charge in [-0.2, -0.15) is 0 Å². The minimum Gasteiger partial charge on any atom is -0.382 e. The molecule has 1 heteroatoms. The third kappa shape index (κ3) is 7.54. The lowest BCUT2D eigenvalue weighted by molar-refractivity contribution is 0.164. The maximum Gasteiger partial charge on any atom is 0.0977 e. The molecule has 0 aromatic carbocycles. The van der Waals surface area contributed by atoms with Crippen LogP contribution in [-0.2, 0) is 0 Å². The van der Waals surface area contributed by atoms with Crippen LogP contribution in [0.1, 0.15) is 33.6 Å². The summed E-state index contributed by atoms with van der Waals surface area (Å²) in [5, 5.41) is 9.51. The van der Waals surface area contributed by atoms with Crippen LogP contribution in [0.15, 0.2) is 36.5 Å². The van der Waals surface area contributed by atoms with Gasteiger partial charge in [-0.05, 0) is 33.6 Å². The predicted molar refractivity (Wildman–Crippen MR) is 58.6 cm³/mol. The van der Waals surface area contributed by atoms with Crippen LogP contribution in [0.5, 0.6) is 0 Å². The molecule has 0 aliphatic carbocycles. The Hall–Kier alpha value is -0.820. The summed E-state index contributed by atoms with van der Waals surface area (Å²) in [5.41, 5.74) is 0.481. The Morgan fingerprint density at radius 3 is 2.46 bits per heavy atom. The molecule has 0 radical (unpaired) electrons. The van der Waals surface area contributed by atoms with Gasteiger partial charge in [-0.15, -0.1) is 0 Å². The van der Waals surface area contributed by atoms with Crippen LogP contribution >= 0.6 is 0 Å². The van der Waals surface area contributed by atoms with Crippen LogP contribution in [0, 0.1) is 0 Å². The fourth-order valence-corrected chi connectivity index (χ4v) is 0.858. The second-order valence-electron chi connectivity index (χ2n) is 3.69. The molecule has 0 aromatic heterocycles. The van der Waals surface area contributed by atoms with Gasteiger partial charge in [-0.3, -0.25) is 0 Å². The fraction of sp³-hybridized carbons (Fsp3) is 0.500. The Kier molecular flexibility index (Phi) is 5.40. The number of rotatable bonds is 5. The number of hydrogen-bond acceptors (Lipinski definition) is 1. The van der Waals surface area contributed by atoms with Crippen molar-refractivity contribution in [3.8, 4) is 0 Å². The quantitative estimate of drug-likeness (QED) is 0.508. The molecule has 0 aromatic rings. The van der Waals surface area contributed by atoms with Crippen molar-refractivity contribution in [2.24, 2.45) is 0 Å². The van der Waals surface area contributed by atoms with E-state index >= 15 is 0 Å². The van der Waals surface area contributed by atoms with Crippen LogP contribution in [0.25, 0.3) is 0 Å². The molecule has 0 heterocycles. The van der Waals surface area contributed by atoms with Crippen molar-refractivity contribution < 1.29 is 5.11 Å². The van der Waals surface area contributed by atoms with Gasteiger partial charge in [0.2, 0.25) is 0 Å². The molecular formula is C12H20O. The Bertz CT molecular complexity index is 205. The standard InChI is InChI=1S/C12H20O/c1-5-12(4,13)10-8-6-7-9-11(2)3/h5,8-10,13H,1,6-7H2,2-4H3/b10-8-. The molecule has 74 valence electrons. The van der Waals surface area contributed by atoms with Gasteiger partial charge in [0, 0.05) is 0 Å². The van der Waals surface area contributed by atoms with Crippen molar-refractivity contribution in [3.63, 3.8) is 0 Å². The van der Waals surface area contributed by atoms with Crippen LogP contribution in [0.2, 0.25) is 0 Å². The topological polar surface area (TPSA) is 20.2 Å². The van der Waals surface area contributed by atoms with Gasteiger partial charge in [0.25, 0.3) is 0 Å². The van der Waals surface area contributed by atoms with Crippen molar-refractivity contribution in [1.29, 1.82) is 0 Å². The first kappa shape index (κ1) is 12.2. The summed E-state index contributed by atoms with van der Waals surface area (Å²) in [5.74, 6) is 0. The Balaban J connectivity index is 3.76. The minimum atomic E-state index is -0.856. The average molecular weight is 180 g/mol. The first-order valence-corrected chi connectivity index (χ1v) is 4.65. The van der Waals surface area contributed by atoms with E-state index in [9.17, 15) is 5.11 Å². The van der Waals surface area contributed by atoms with E-state index in [1.165, 1.54) is 11.6 Å². The highest BCUT2D eigenvalue weighted by Gasteiger charge is 2.07. The average Bonchev–Trinajstić information content (AvgIpc) is 2.03. The van der Waals surface area contributed by atoms with Gasteiger partial charge in [0.05, 0.1) is 5.60 Å². The van der Waals surface area contributed by atoms with E-state index in [1.54, 1.807) is 13.0 Å². The molecule has 0 aliphatic heterocycles. The molecule has 0 bridgehead atoms. The monoisotopic (exact) mass is 180 g/mol. The van der Waals surface area contributed by atoms with Crippen LogP contribution < -0.4 is 0 Å². The summed E-state index contributed by atoms with van der Waals surface area (Å²) < 4.78 is 0. The van der Waals surface area contributed by atoms with E-state index in [2.05, 4.69) is 26.5 Å². The summed E-state index contributed by atoms with van der Waals surface area (Å²) >= 11 is 0. The Morgan fingerprint density at radius 2 is 2.00 bits per heavy atom. The molecule has 0 saturated carbocycles. The maximum absolute atomic E-state index is 9.51. The van der Waals surface area contributed by atoms with Crippen molar-refractivity contribution in [2.45, 2.75) is 39.2 Å². The van der Waals surface area contributed by atoms with Crippen molar-refractivity contribution in [3.05, 3.63) is 36.5 Å². The molecule has 0 fully saturated rings. The molecular weight excluding hydrogens is 160 g/mol. The smallest absolute Gasteiger partial charge is 0.0977 e. The molecule has 0 amide bonds. The van der Waals surface area contributed by atoms with Gasteiger partial charge in [0.15, 0.2) is 0 Å². The molecule has 0 aliphatic rings. The largest absolute Gasteiger partial charge is 0.382 e. The van der Waals surface area contributed by atoms with Gasteiger partial charge in [-0.25, -0.2) is 0 Å². The number of aliphatic hydroxyl groups is 1. The van der Waals surface area contributed by atoms with Gasteiger partial charge in [-0.1, -0.05) is 36.5 Å². The van der Waals surface area contributed by atoms with Crippen molar-refractivity contribution in [1.82, 2.24) is 0 Å². The summed E-state index contributed by atoms with van der Waals surface area (Å²) in [4.78, 5) is 0. The first-order valence-electron chi connectivity index (χ1n) is 4.65. The highest BCUT2D eigenvalue weighted by atomic mass is 16.3. The second-order valence-corrected chi connectivity index (χ2v) is 3.69. The lowest BCUT2D eigenvalue weighted by Crippen LogP contribution is -2.15. The lowest BCUT2D eigenvalue weighted by Gasteiger charge is -2.11. The third-order valence-electron chi connectivity index (χ3n) is 1.75. The highest BCUT2D eigenvalue weighted by Crippen LogP contribution is 2.07. The molecule has 1 unspecified atom stereocenters. The normalized spacial score (nSPS) is 15.4. The number of allylic oxidation sites excluding steroid dienone is 3. The van der Waals surface area contributed by atoms with Crippen molar-refractivity contribution in [2.75, 3.05) is 0 Å². The van der Waals surface area contributed by atoms with Crippen LogP contribution in [0.3, 0.4) is 0 Å². The Morgan fingerprint density at radius 1 is 1.38 bits per heavy atom. The summed E-state index contributed by atoms with van der Waals surface area (Å²) in [7, 11) is 0. The summed E-state index contributed by atoms with van der Waals surface area (Å²) in [6.45, 7) is 9.44. The lowest BCUT2D eigenvalue weighted by atomic mass is 10.1. The van der Waals surface area contributed by atoms with E-state index in [-0.39, 0.29) is 0 Å². The first-order chi connectivity index (χ1) is 5.98. The van der Waals surface area contributed by atoms with Crippen LogP contribution in [0.4, 0.5) is 0 Å². The van der Waals surface area contributed by atoms with E-state index < -0.39 is 5.60 Å². The van der Waals surface area contributed by atoms with Crippen LogP contribution in [-0.4, -0.2) is 10.7 Å².